The van der Waals surface area contributed by atoms with Gasteiger partial charge in [-0.25, -0.2) is 4.98 Å². The Morgan fingerprint density at radius 3 is 1.26 bits per heavy atom. The lowest BCUT2D eigenvalue weighted by Gasteiger charge is -2.29. The van der Waals surface area contributed by atoms with Crippen LogP contribution in [0.3, 0.4) is 0 Å². The number of aromatic nitrogens is 3. The molecule has 358 valence electrons. The Morgan fingerprint density at radius 1 is 0.311 bits per heavy atom. The van der Waals surface area contributed by atoms with E-state index in [-0.39, 0.29) is 5.92 Å². The maximum atomic E-state index is 5.48. The third kappa shape index (κ3) is 9.58. The van der Waals surface area contributed by atoms with Crippen molar-refractivity contribution >= 4 is 17.3 Å². The van der Waals surface area contributed by atoms with Crippen molar-refractivity contribution in [2.45, 2.75) is 47.5 Å². The lowest BCUT2D eigenvalue weighted by Crippen LogP contribution is -2.16. The molecule has 4 nitrogen and oxygen atoms in total. The number of anilines is 3. The number of hydrogen-bond donors (Lipinski definition) is 0. The molecule has 0 spiro atoms. The number of benzene rings is 10. The zero-order chi connectivity index (χ0) is 50.7. The van der Waals surface area contributed by atoms with Gasteiger partial charge in [-0.1, -0.05) is 223 Å². The second-order valence-corrected chi connectivity index (χ2v) is 19.6. The van der Waals surface area contributed by atoms with E-state index in [9.17, 15) is 0 Å². The van der Waals surface area contributed by atoms with Gasteiger partial charge in [0, 0.05) is 28.3 Å². The first-order valence-electron chi connectivity index (χ1n) is 25.5. The van der Waals surface area contributed by atoms with Crippen molar-refractivity contribution in [3.05, 3.63) is 287 Å². The van der Waals surface area contributed by atoms with Crippen LogP contribution < -0.4 is 4.90 Å². The van der Waals surface area contributed by atoms with Crippen LogP contribution in [0.4, 0.5) is 17.3 Å². The van der Waals surface area contributed by atoms with Gasteiger partial charge >= 0.3 is 0 Å². The van der Waals surface area contributed by atoms with E-state index in [1.165, 1.54) is 61.2 Å². The molecule has 0 aliphatic heterocycles. The van der Waals surface area contributed by atoms with Gasteiger partial charge in [0.15, 0.2) is 11.6 Å². The number of para-hydroxylation sites is 1. The largest absolute Gasteiger partial charge is 0.278 e. The predicted octanol–water partition coefficient (Wildman–Crippen LogP) is 18.4. The molecule has 0 N–H and O–H groups in total. The molecule has 0 saturated carbocycles. The average Bonchev–Trinajstić information content (AvgIpc) is 3.44. The van der Waals surface area contributed by atoms with Crippen molar-refractivity contribution in [1.29, 1.82) is 0 Å². The Morgan fingerprint density at radius 2 is 0.716 bits per heavy atom. The van der Waals surface area contributed by atoms with Crippen LogP contribution in [-0.2, 0) is 0 Å². The Bertz CT molecular complexity index is 3670. The van der Waals surface area contributed by atoms with E-state index in [1.54, 1.807) is 0 Å². The molecule has 0 fully saturated rings. The van der Waals surface area contributed by atoms with Crippen LogP contribution in [0.1, 0.15) is 56.0 Å². The van der Waals surface area contributed by atoms with Gasteiger partial charge in [0.05, 0.1) is 5.69 Å². The third-order valence-electron chi connectivity index (χ3n) is 14.3. The molecule has 11 aromatic rings. The Balaban J connectivity index is 1.11. The van der Waals surface area contributed by atoms with Gasteiger partial charge in [0.2, 0.25) is 5.95 Å². The second kappa shape index (κ2) is 20.6. The van der Waals surface area contributed by atoms with Gasteiger partial charge in [0.1, 0.15) is 0 Å². The molecule has 10 aromatic carbocycles. The second-order valence-electron chi connectivity index (χ2n) is 19.6. The van der Waals surface area contributed by atoms with E-state index < -0.39 is 0 Å². The highest BCUT2D eigenvalue weighted by molar-refractivity contribution is 5.88. The van der Waals surface area contributed by atoms with Crippen molar-refractivity contribution in [2.24, 2.45) is 0 Å². The van der Waals surface area contributed by atoms with E-state index in [1.807, 2.05) is 6.07 Å². The van der Waals surface area contributed by atoms with Crippen LogP contribution in [0.15, 0.2) is 237 Å². The molecule has 0 bridgehead atoms. The standard InChI is InChI=1S/C70H58N4/c1-46-41-48(3)65(49(4)42-46)67(66-50(5)43-47(2)44-51(66)6)56-37-39-60(40-38-56)74(64-32-19-18-31-63(64)54-25-14-9-15-26-54)70-72-68(71-69(73-70)59-28-20-27-58(45-59)52-21-10-7-11-22-52)57-35-33-55(34-36-57)62-30-17-16-29-61(62)53-23-12-8-13-24-53/h7-45,67H,1-6H3. The fourth-order valence-corrected chi connectivity index (χ4v) is 11.1. The molecular formula is C70H58N4. The van der Waals surface area contributed by atoms with Crippen molar-refractivity contribution < 1.29 is 0 Å². The molecule has 1 aromatic heterocycles. The molecule has 74 heavy (non-hydrogen) atoms. The van der Waals surface area contributed by atoms with Crippen molar-refractivity contribution in [3.63, 3.8) is 0 Å². The molecule has 0 saturated heterocycles. The minimum atomic E-state index is 0.0187. The molecule has 0 amide bonds. The zero-order valence-electron chi connectivity index (χ0n) is 42.9. The van der Waals surface area contributed by atoms with Crippen molar-refractivity contribution in [2.75, 3.05) is 4.90 Å². The van der Waals surface area contributed by atoms with Gasteiger partial charge in [-0.05, 0) is 144 Å². The van der Waals surface area contributed by atoms with E-state index in [0.717, 1.165) is 55.9 Å². The summed E-state index contributed by atoms with van der Waals surface area (Å²) in [4.78, 5) is 18.5. The Hall–Kier alpha value is -8.99. The van der Waals surface area contributed by atoms with Gasteiger partial charge in [-0.15, -0.1) is 0 Å². The topological polar surface area (TPSA) is 41.9 Å². The molecule has 0 aliphatic rings. The van der Waals surface area contributed by atoms with Crippen molar-refractivity contribution in [3.8, 4) is 67.3 Å². The Kier molecular flexibility index (Phi) is 13.2. The number of rotatable bonds is 12. The van der Waals surface area contributed by atoms with E-state index >= 15 is 0 Å². The minimum absolute atomic E-state index is 0.0187. The highest BCUT2D eigenvalue weighted by Gasteiger charge is 2.27. The van der Waals surface area contributed by atoms with Crippen molar-refractivity contribution in [1.82, 2.24) is 15.0 Å². The summed E-state index contributed by atoms with van der Waals surface area (Å²) in [5.41, 5.74) is 24.3. The fraction of sp³-hybridized carbons (Fsp3) is 0.100. The quantitative estimate of drug-likeness (QED) is 0.114. The van der Waals surface area contributed by atoms with Crippen LogP contribution in [-0.4, -0.2) is 15.0 Å². The molecule has 0 radical (unpaired) electrons. The summed E-state index contributed by atoms with van der Waals surface area (Å²) in [5.74, 6) is 1.69. The summed E-state index contributed by atoms with van der Waals surface area (Å²) in [6.45, 7) is 13.4. The molecule has 4 heteroatoms. The number of hydrogen-bond acceptors (Lipinski definition) is 4. The molecular weight excluding hydrogens is 897 g/mol. The lowest BCUT2D eigenvalue weighted by atomic mass is 9.77. The van der Waals surface area contributed by atoms with Gasteiger partial charge < -0.3 is 0 Å². The molecule has 0 atom stereocenters. The molecule has 1 heterocycles. The first kappa shape index (κ1) is 47.3. The van der Waals surface area contributed by atoms with Crippen LogP contribution in [0, 0.1) is 41.5 Å². The average molecular weight is 955 g/mol. The van der Waals surface area contributed by atoms with Gasteiger partial charge in [-0.2, -0.15) is 9.97 Å². The maximum absolute atomic E-state index is 5.48. The zero-order valence-corrected chi connectivity index (χ0v) is 42.9. The summed E-state index contributed by atoms with van der Waals surface area (Å²) in [7, 11) is 0. The van der Waals surface area contributed by atoms with E-state index in [2.05, 4.69) is 277 Å². The molecule has 0 unspecified atom stereocenters. The number of nitrogens with zero attached hydrogens (tertiary/aromatic N) is 4. The fourth-order valence-electron chi connectivity index (χ4n) is 11.1. The molecule has 11 rings (SSSR count). The first-order chi connectivity index (χ1) is 36.2. The monoisotopic (exact) mass is 954 g/mol. The first-order valence-corrected chi connectivity index (χ1v) is 25.5. The highest BCUT2D eigenvalue weighted by atomic mass is 15.3. The number of aryl methyl sites for hydroxylation is 6. The normalized spacial score (nSPS) is 11.2. The lowest BCUT2D eigenvalue weighted by molar-refractivity contribution is 0.919. The van der Waals surface area contributed by atoms with Crippen LogP contribution in [0.25, 0.3) is 67.3 Å². The Labute approximate surface area is 436 Å². The minimum Gasteiger partial charge on any atom is -0.278 e. The smallest absolute Gasteiger partial charge is 0.238 e. The maximum Gasteiger partial charge on any atom is 0.238 e. The van der Waals surface area contributed by atoms with E-state index in [4.69, 9.17) is 15.0 Å². The summed E-state index contributed by atoms with van der Waals surface area (Å²) >= 11 is 0. The summed E-state index contributed by atoms with van der Waals surface area (Å²) < 4.78 is 0. The van der Waals surface area contributed by atoms with Gasteiger partial charge in [-0.3, -0.25) is 4.90 Å². The van der Waals surface area contributed by atoms with Crippen LogP contribution in [0.5, 0.6) is 0 Å². The summed E-state index contributed by atoms with van der Waals surface area (Å²) in [5, 5.41) is 0. The van der Waals surface area contributed by atoms with Crippen LogP contribution in [0.2, 0.25) is 0 Å². The van der Waals surface area contributed by atoms with E-state index in [0.29, 0.717) is 17.6 Å². The highest BCUT2D eigenvalue weighted by Crippen LogP contribution is 2.44. The van der Waals surface area contributed by atoms with Crippen LogP contribution >= 0.6 is 0 Å². The van der Waals surface area contributed by atoms with Gasteiger partial charge in [0.25, 0.3) is 0 Å². The predicted molar refractivity (Wildman–Crippen MR) is 309 cm³/mol. The summed E-state index contributed by atoms with van der Waals surface area (Å²) in [6.07, 6.45) is 0. The third-order valence-corrected chi connectivity index (χ3v) is 14.3. The SMILES string of the molecule is Cc1cc(C)c(C(c2ccc(N(c3nc(-c4ccc(-c5ccccc5-c5ccccc5)cc4)nc(-c4cccc(-c5ccccc5)c4)n3)c3ccccc3-c3ccccc3)cc2)c2c(C)cc(C)cc2C)c(C)c1. The summed E-state index contributed by atoms with van der Waals surface area (Å²) in [6, 6.07) is 84.4. The molecule has 0 aliphatic carbocycles.